The molecule has 1 atom stereocenters. The van der Waals surface area contributed by atoms with Gasteiger partial charge in [0.05, 0.1) is 0 Å². The molecule has 0 bridgehead atoms. The van der Waals surface area contributed by atoms with Crippen LogP contribution < -0.4 is 0 Å². The van der Waals surface area contributed by atoms with Gasteiger partial charge in [-0.3, -0.25) is 33.7 Å². The fourth-order valence-electron chi connectivity index (χ4n) is 2.64. The Morgan fingerprint density at radius 2 is 1.62 bits per heavy atom. The van der Waals surface area contributed by atoms with Gasteiger partial charge < -0.3 is 9.47 Å². The summed E-state index contributed by atoms with van der Waals surface area (Å²) < 4.78 is 9.96. The molecule has 2 aliphatic rings. The van der Waals surface area contributed by atoms with Crippen molar-refractivity contribution in [3.63, 3.8) is 0 Å². The minimum absolute atomic E-state index is 0.00856. The molecule has 1 unspecified atom stereocenters. The molecule has 1 saturated heterocycles. The lowest BCUT2D eigenvalue weighted by atomic mass is 10.2. The second-order valence-electron chi connectivity index (χ2n) is 6.37. The summed E-state index contributed by atoms with van der Waals surface area (Å²) in [5.41, 5.74) is 0. The van der Waals surface area contributed by atoms with Crippen molar-refractivity contribution in [2.24, 2.45) is 0 Å². The van der Waals surface area contributed by atoms with Gasteiger partial charge in [0.1, 0.15) is 0 Å². The molecule has 2 rings (SSSR count). The Balaban J connectivity index is 1.71. The first-order valence-corrected chi connectivity index (χ1v) is 9.29. The van der Waals surface area contributed by atoms with Crippen LogP contribution in [0.15, 0.2) is 12.2 Å². The van der Waals surface area contributed by atoms with E-state index in [0.29, 0.717) is 24.3 Å². The summed E-state index contributed by atoms with van der Waals surface area (Å²) in [5, 5.41) is 0.336. The lowest BCUT2D eigenvalue weighted by molar-refractivity contribution is -0.194. The van der Waals surface area contributed by atoms with Gasteiger partial charge in [0, 0.05) is 44.4 Å². The predicted molar refractivity (Wildman–Crippen MR) is 93.2 cm³/mol. The molecule has 158 valence electrons. The Kier molecular flexibility index (Phi) is 7.87. The summed E-state index contributed by atoms with van der Waals surface area (Å²) >= 11 is 0. The number of hydrogen-bond acceptors (Lipinski definition) is 9. The van der Waals surface area contributed by atoms with Gasteiger partial charge >= 0.3 is 12.1 Å². The molecule has 29 heavy (non-hydrogen) atoms. The molecule has 11 nitrogen and oxygen atoms in total. The highest BCUT2D eigenvalue weighted by Crippen LogP contribution is 2.15. The Labute approximate surface area is 166 Å². The quantitative estimate of drug-likeness (QED) is 0.223. The number of imide groups is 2. The van der Waals surface area contributed by atoms with E-state index in [9.17, 15) is 28.8 Å². The minimum atomic E-state index is -1.32. The van der Waals surface area contributed by atoms with Crippen molar-refractivity contribution in [2.75, 3.05) is 6.54 Å². The number of rotatable bonds is 10. The third-order valence-electron chi connectivity index (χ3n) is 4.10. The molecular formula is C18H22N2O9. The zero-order valence-electron chi connectivity index (χ0n) is 16.0. The van der Waals surface area contributed by atoms with Crippen molar-refractivity contribution in [3.05, 3.63) is 12.2 Å². The summed E-state index contributed by atoms with van der Waals surface area (Å²) in [4.78, 5) is 75.1. The molecule has 0 aromatic rings. The van der Waals surface area contributed by atoms with Gasteiger partial charge in [-0.15, -0.1) is 0 Å². The van der Waals surface area contributed by atoms with E-state index in [2.05, 4.69) is 4.84 Å². The maximum absolute atomic E-state index is 12.0. The van der Waals surface area contributed by atoms with Gasteiger partial charge in [0.15, 0.2) is 0 Å². The van der Waals surface area contributed by atoms with Crippen molar-refractivity contribution >= 4 is 35.8 Å². The van der Waals surface area contributed by atoms with Gasteiger partial charge in [0.25, 0.3) is 29.9 Å². The normalized spacial score (nSPS) is 17.1. The molecule has 0 N–H and O–H groups in total. The van der Waals surface area contributed by atoms with E-state index in [-0.39, 0.29) is 44.0 Å². The number of hydroxylamine groups is 2. The van der Waals surface area contributed by atoms with E-state index in [0.717, 1.165) is 4.90 Å². The monoisotopic (exact) mass is 410 g/mol. The summed E-state index contributed by atoms with van der Waals surface area (Å²) in [7, 11) is 0. The molecule has 0 saturated carbocycles. The number of unbranched alkanes of at least 4 members (excludes halogenated alkanes) is 1. The highest BCUT2D eigenvalue weighted by molar-refractivity contribution is 6.12. The zero-order chi connectivity index (χ0) is 21.4. The van der Waals surface area contributed by atoms with Gasteiger partial charge in [-0.2, -0.15) is 0 Å². The molecule has 2 aliphatic heterocycles. The molecule has 0 aliphatic carbocycles. The Morgan fingerprint density at radius 1 is 1.00 bits per heavy atom. The predicted octanol–water partition coefficient (Wildman–Crippen LogP) is 0.968. The number of nitrogens with zero attached hydrogens (tertiary/aromatic N) is 2. The van der Waals surface area contributed by atoms with Gasteiger partial charge in [0.2, 0.25) is 0 Å². The second kappa shape index (κ2) is 10.3. The molecule has 1 fully saturated rings. The van der Waals surface area contributed by atoms with Crippen LogP contribution in [-0.2, 0) is 38.3 Å². The van der Waals surface area contributed by atoms with Crippen LogP contribution in [0.3, 0.4) is 0 Å². The standard InChI is InChI=1S/C18H22N2O9/c1-2-5-17(28-18(26)29-20-14(23)9-10-15(20)24)27-16(25)6-3-4-11-19-12(21)7-8-13(19)22/h7-8,17H,2-6,9-11H2,1H3. The highest BCUT2D eigenvalue weighted by atomic mass is 16.9. The van der Waals surface area contributed by atoms with Crippen LogP contribution in [0.4, 0.5) is 4.79 Å². The molecule has 2 heterocycles. The van der Waals surface area contributed by atoms with Gasteiger partial charge in [-0.05, 0) is 19.3 Å². The van der Waals surface area contributed by atoms with Crippen molar-refractivity contribution in [1.29, 1.82) is 0 Å². The summed E-state index contributed by atoms with van der Waals surface area (Å²) in [6.45, 7) is 1.97. The van der Waals surface area contributed by atoms with E-state index in [1.165, 1.54) is 12.2 Å². The largest absolute Gasteiger partial charge is 0.537 e. The number of ether oxygens (including phenoxy) is 2. The van der Waals surface area contributed by atoms with E-state index in [1.807, 2.05) is 0 Å². The fourth-order valence-corrected chi connectivity index (χ4v) is 2.64. The molecule has 0 spiro atoms. The Morgan fingerprint density at radius 3 is 2.21 bits per heavy atom. The van der Waals surface area contributed by atoms with E-state index in [4.69, 9.17) is 9.47 Å². The smallest absolute Gasteiger partial charge is 0.425 e. The van der Waals surface area contributed by atoms with E-state index >= 15 is 0 Å². The first kappa shape index (κ1) is 22.1. The first-order chi connectivity index (χ1) is 13.8. The van der Waals surface area contributed by atoms with Crippen molar-refractivity contribution < 1.29 is 43.1 Å². The fraction of sp³-hybridized carbons (Fsp3) is 0.556. The number of hydrogen-bond donors (Lipinski definition) is 0. The van der Waals surface area contributed by atoms with Crippen molar-refractivity contribution in [1.82, 2.24) is 9.96 Å². The Bertz CT molecular complexity index is 697. The zero-order valence-corrected chi connectivity index (χ0v) is 16.0. The van der Waals surface area contributed by atoms with Crippen molar-refractivity contribution in [2.45, 2.75) is 58.2 Å². The molecule has 0 aromatic heterocycles. The highest BCUT2D eigenvalue weighted by Gasteiger charge is 2.34. The summed E-state index contributed by atoms with van der Waals surface area (Å²) in [6, 6.07) is 0. The van der Waals surface area contributed by atoms with Gasteiger partial charge in [-0.1, -0.05) is 12.0 Å². The first-order valence-electron chi connectivity index (χ1n) is 9.29. The molecule has 11 heteroatoms. The Hall–Kier alpha value is -3.24. The lowest BCUT2D eigenvalue weighted by Gasteiger charge is -2.19. The topological polar surface area (TPSA) is 137 Å². The van der Waals surface area contributed by atoms with Crippen LogP contribution in [-0.4, -0.2) is 58.6 Å². The number of amides is 4. The molecule has 0 radical (unpaired) electrons. The maximum Gasteiger partial charge on any atom is 0.537 e. The number of carbonyl (C=O) groups excluding carboxylic acids is 6. The average Bonchev–Trinajstić information content (AvgIpc) is 3.15. The third kappa shape index (κ3) is 6.40. The number of carbonyl (C=O) groups is 6. The van der Waals surface area contributed by atoms with E-state index < -0.39 is 30.2 Å². The minimum Gasteiger partial charge on any atom is -0.425 e. The third-order valence-corrected chi connectivity index (χ3v) is 4.10. The van der Waals surface area contributed by atoms with Crippen LogP contribution in [0.5, 0.6) is 0 Å². The van der Waals surface area contributed by atoms with Crippen LogP contribution in [0, 0.1) is 0 Å². The van der Waals surface area contributed by atoms with Crippen LogP contribution in [0.1, 0.15) is 51.9 Å². The van der Waals surface area contributed by atoms with Crippen molar-refractivity contribution in [3.8, 4) is 0 Å². The molecular weight excluding hydrogens is 388 g/mol. The maximum atomic E-state index is 12.0. The molecule has 4 amide bonds. The van der Waals surface area contributed by atoms with Gasteiger partial charge in [-0.25, -0.2) is 4.79 Å². The van der Waals surface area contributed by atoms with Crippen LogP contribution >= 0.6 is 0 Å². The van der Waals surface area contributed by atoms with Crippen LogP contribution in [0.25, 0.3) is 0 Å². The SMILES string of the molecule is CCCC(OC(=O)CCCCN1C(=O)C=CC1=O)OC(=O)ON1C(=O)CCC1=O. The lowest BCUT2D eigenvalue weighted by Crippen LogP contribution is -2.34. The average molecular weight is 410 g/mol. The molecule has 0 aromatic carbocycles. The van der Waals surface area contributed by atoms with E-state index in [1.54, 1.807) is 6.92 Å². The van der Waals surface area contributed by atoms with Crippen LogP contribution in [0.2, 0.25) is 0 Å². The number of esters is 1. The second-order valence-corrected chi connectivity index (χ2v) is 6.37. The summed E-state index contributed by atoms with van der Waals surface area (Å²) in [5.74, 6) is -2.71. The summed E-state index contributed by atoms with van der Waals surface area (Å²) in [6.07, 6.45) is 1.21.